The third-order valence-corrected chi connectivity index (χ3v) is 5.82. The molecule has 2 heterocycles. The minimum absolute atomic E-state index is 0.0821. The Morgan fingerprint density at radius 1 is 1.21 bits per heavy atom. The molecule has 29 heavy (non-hydrogen) atoms. The third kappa shape index (κ3) is 4.73. The zero-order valence-corrected chi connectivity index (χ0v) is 17.2. The Bertz CT molecular complexity index is 846. The minimum atomic E-state index is 0.0821. The summed E-state index contributed by atoms with van der Waals surface area (Å²) in [6.45, 7) is 5.56. The molecule has 0 saturated carbocycles. The second-order valence-corrected chi connectivity index (χ2v) is 7.80. The fourth-order valence-corrected chi connectivity index (χ4v) is 4.16. The zero-order valence-electron chi connectivity index (χ0n) is 17.2. The van der Waals surface area contributed by atoms with E-state index in [0.29, 0.717) is 0 Å². The summed E-state index contributed by atoms with van der Waals surface area (Å²) in [5.74, 6) is 1.89. The minimum Gasteiger partial charge on any atom is -0.493 e. The second kappa shape index (κ2) is 9.31. The molecule has 2 aromatic carbocycles. The Morgan fingerprint density at radius 2 is 2.03 bits per heavy atom. The van der Waals surface area contributed by atoms with Crippen molar-refractivity contribution in [3.8, 4) is 11.5 Å². The number of para-hydroxylation sites is 1. The molecule has 5 nitrogen and oxygen atoms in total. The van der Waals surface area contributed by atoms with Crippen molar-refractivity contribution in [1.82, 2.24) is 10.2 Å². The molecule has 1 saturated heterocycles. The maximum atomic E-state index is 12.3. The van der Waals surface area contributed by atoms with E-state index in [0.717, 1.165) is 69.0 Å². The lowest BCUT2D eigenvalue weighted by atomic mass is 10.0. The molecule has 0 aliphatic carbocycles. The lowest BCUT2D eigenvalue weighted by molar-refractivity contribution is -0.132. The monoisotopic (exact) mass is 394 g/mol. The number of hydrogen-bond donors (Lipinski definition) is 1. The van der Waals surface area contributed by atoms with Crippen LogP contribution in [-0.2, 0) is 17.8 Å². The highest BCUT2D eigenvalue weighted by atomic mass is 16.5. The van der Waals surface area contributed by atoms with Gasteiger partial charge in [-0.3, -0.25) is 4.79 Å². The number of nitrogens with one attached hydrogen (secondary N) is 1. The van der Waals surface area contributed by atoms with E-state index >= 15 is 0 Å². The van der Waals surface area contributed by atoms with Gasteiger partial charge in [0.05, 0.1) is 6.61 Å². The predicted molar refractivity (Wildman–Crippen MR) is 113 cm³/mol. The molecule has 1 amide bonds. The Labute approximate surface area is 173 Å². The molecule has 0 radical (unpaired) electrons. The summed E-state index contributed by atoms with van der Waals surface area (Å²) in [6.07, 6.45) is 4.12. The van der Waals surface area contributed by atoms with Crippen LogP contribution in [0.4, 0.5) is 0 Å². The van der Waals surface area contributed by atoms with Crippen molar-refractivity contribution in [1.29, 1.82) is 0 Å². The fraction of sp³-hybridized carbons (Fsp3) is 0.458. The normalized spacial score (nSPS) is 16.4. The van der Waals surface area contributed by atoms with Crippen LogP contribution in [0, 0.1) is 0 Å². The summed E-state index contributed by atoms with van der Waals surface area (Å²) in [5.41, 5.74) is 3.66. The Kier molecular flexibility index (Phi) is 6.35. The number of hydrogen-bond acceptors (Lipinski definition) is 4. The third-order valence-electron chi connectivity index (χ3n) is 5.82. The van der Waals surface area contributed by atoms with Crippen LogP contribution in [-0.4, -0.2) is 37.1 Å². The summed E-state index contributed by atoms with van der Waals surface area (Å²) < 4.78 is 11.6. The van der Waals surface area contributed by atoms with Crippen molar-refractivity contribution in [3.63, 3.8) is 0 Å². The second-order valence-electron chi connectivity index (χ2n) is 7.80. The van der Waals surface area contributed by atoms with Gasteiger partial charge in [-0.05, 0) is 42.5 Å². The first-order chi connectivity index (χ1) is 14.2. The standard InChI is InChI=1S/C24H30N2O3/c1-2-21(25-16-18-9-10-22-19(15-18)11-14-28-22)20-7-3-4-8-23(20)29-17-24(27)26-12-5-6-13-26/h3-4,7-10,15,21,25H,2,5-6,11-14,16-17H2,1H3. The summed E-state index contributed by atoms with van der Waals surface area (Å²) in [7, 11) is 0. The average Bonchev–Trinajstić information content (AvgIpc) is 3.45. The average molecular weight is 395 g/mol. The van der Waals surface area contributed by atoms with Gasteiger partial charge >= 0.3 is 0 Å². The number of benzene rings is 2. The molecule has 0 aromatic heterocycles. The molecular formula is C24H30N2O3. The zero-order chi connectivity index (χ0) is 20.1. The number of likely N-dealkylation sites (tertiary alicyclic amines) is 1. The molecule has 1 atom stereocenters. The molecule has 1 unspecified atom stereocenters. The van der Waals surface area contributed by atoms with Gasteiger partial charge in [0.1, 0.15) is 11.5 Å². The Morgan fingerprint density at radius 3 is 2.86 bits per heavy atom. The summed E-state index contributed by atoms with van der Waals surface area (Å²) >= 11 is 0. The van der Waals surface area contributed by atoms with Crippen molar-refractivity contribution in [2.24, 2.45) is 0 Å². The molecule has 2 aliphatic heterocycles. The van der Waals surface area contributed by atoms with E-state index in [-0.39, 0.29) is 18.6 Å². The largest absolute Gasteiger partial charge is 0.493 e. The Balaban J connectivity index is 1.39. The highest BCUT2D eigenvalue weighted by molar-refractivity contribution is 5.78. The number of amides is 1. The van der Waals surface area contributed by atoms with Gasteiger partial charge in [0, 0.05) is 37.7 Å². The number of carbonyl (C=O) groups is 1. The van der Waals surface area contributed by atoms with Crippen LogP contribution < -0.4 is 14.8 Å². The van der Waals surface area contributed by atoms with Crippen LogP contribution in [0.2, 0.25) is 0 Å². The van der Waals surface area contributed by atoms with Gasteiger partial charge in [-0.1, -0.05) is 37.3 Å². The van der Waals surface area contributed by atoms with E-state index in [1.807, 2.05) is 23.1 Å². The summed E-state index contributed by atoms with van der Waals surface area (Å²) in [5, 5.41) is 3.66. The molecule has 2 aliphatic rings. The smallest absolute Gasteiger partial charge is 0.260 e. The first-order valence-electron chi connectivity index (χ1n) is 10.7. The van der Waals surface area contributed by atoms with Crippen LogP contribution in [0.15, 0.2) is 42.5 Å². The summed E-state index contributed by atoms with van der Waals surface area (Å²) in [4.78, 5) is 14.2. The maximum Gasteiger partial charge on any atom is 0.260 e. The van der Waals surface area contributed by atoms with E-state index < -0.39 is 0 Å². The van der Waals surface area contributed by atoms with Crippen LogP contribution in [0.3, 0.4) is 0 Å². The van der Waals surface area contributed by atoms with Gasteiger partial charge in [-0.15, -0.1) is 0 Å². The molecular weight excluding hydrogens is 364 g/mol. The number of carbonyl (C=O) groups excluding carboxylic acids is 1. The molecule has 154 valence electrons. The van der Waals surface area contributed by atoms with Crippen LogP contribution in [0.25, 0.3) is 0 Å². The van der Waals surface area contributed by atoms with Gasteiger partial charge in [0.25, 0.3) is 5.91 Å². The van der Waals surface area contributed by atoms with Crippen LogP contribution in [0.5, 0.6) is 11.5 Å². The molecule has 2 aromatic rings. The summed E-state index contributed by atoms with van der Waals surface area (Å²) in [6, 6.07) is 14.6. The van der Waals surface area contributed by atoms with Gasteiger partial charge < -0.3 is 19.7 Å². The van der Waals surface area contributed by atoms with E-state index in [1.54, 1.807) is 0 Å². The maximum absolute atomic E-state index is 12.3. The highest BCUT2D eigenvalue weighted by Gasteiger charge is 2.20. The SMILES string of the molecule is CCC(NCc1ccc2c(c1)CCO2)c1ccccc1OCC(=O)N1CCCC1. The van der Waals surface area contributed by atoms with E-state index in [2.05, 4.69) is 36.5 Å². The van der Waals surface area contributed by atoms with E-state index in [9.17, 15) is 4.79 Å². The number of fused-ring (bicyclic) bond motifs is 1. The van der Waals surface area contributed by atoms with Crippen LogP contribution >= 0.6 is 0 Å². The van der Waals surface area contributed by atoms with Gasteiger partial charge in [0.2, 0.25) is 0 Å². The highest BCUT2D eigenvalue weighted by Crippen LogP contribution is 2.29. The number of nitrogens with zero attached hydrogens (tertiary/aromatic N) is 1. The topological polar surface area (TPSA) is 50.8 Å². The molecule has 1 fully saturated rings. The molecule has 4 rings (SSSR count). The molecule has 0 spiro atoms. The number of rotatable bonds is 8. The molecule has 5 heteroatoms. The van der Waals surface area contributed by atoms with Crippen molar-refractivity contribution in [3.05, 3.63) is 59.2 Å². The Hall–Kier alpha value is -2.53. The van der Waals surface area contributed by atoms with Crippen LogP contribution in [0.1, 0.15) is 48.9 Å². The van der Waals surface area contributed by atoms with E-state index in [1.165, 1.54) is 11.1 Å². The van der Waals surface area contributed by atoms with Gasteiger partial charge in [-0.2, -0.15) is 0 Å². The van der Waals surface area contributed by atoms with E-state index in [4.69, 9.17) is 9.47 Å². The predicted octanol–water partition coefficient (Wildman–Crippen LogP) is 3.86. The number of ether oxygens (including phenoxy) is 2. The van der Waals surface area contributed by atoms with Crippen molar-refractivity contribution in [2.75, 3.05) is 26.3 Å². The van der Waals surface area contributed by atoms with Crippen molar-refractivity contribution < 1.29 is 14.3 Å². The fourth-order valence-electron chi connectivity index (χ4n) is 4.16. The quantitative estimate of drug-likeness (QED) is 0.739. The van der Waals surface area contributed by atoms with Crippen molar-refractivity contribution in [2.45, 2.75) is 45.2 Å². The first kappa shape index (κ1) is 19.8. The molecule has 0 bridgehead atoms. The molecule has 1 N–H and O–H groups in total. The lowest BCUT2D eigenvalue weighted by Crippen LogP contribution is -2.32. The van der Waals surface area contributed by atoms with Crippen molar-refractivity contribution >= 4 is 5.91 Å². The van der Waals surface area contributed by atoms with Gasteiger partial charge in [-0.25, -0.2) is 0 Å². The first-order valence-corrected chi connectivity index (χ1v) is 10.7. The van der Waals surface area contributed by atoms with Gasteiger partial charge in [0.15, 0.2) is 6.61 Å². The lowest BCUT2D eigenvalue weighted by Gasteiger charge is -2.22.